The number of alkyl halides is 3. The van der Waals surface area contributed by atoms with Gasteiger partial charge in [0.25, 0.3) is 0 Å². The van der Waals surface area contributed by atoms with Gasteiger partial charge >= 0.3 is 11.9 Å². The van der Waals surface area contributed by atoms with E-state index in [4.69, 9.17) is 0 Å². The molecule has 2 heterocycles. The average Bonchev–Trinajstić information content (AvgIpc) is 3.14. The Morgan fingerprint density at radius 3 is 2.80 bits per heavy atom. The summed E-state index contributed by atoms with van der Waals surface area (Å²) in [5.41, 5.74) is -0.859. The molecular formula is C12H10F3N3O2. The lowest BCUT2D eigenvalue weighted by Crippen LogP contribution is -2.17. The van der Waals surface area contributed by atoms with Crippen LogP contribution in [0.1, 0.15) is 18.4 Å². The van der Waals surface area contributed by atoms with Gasteiger partial charge < -0.3 is 0 Å². The van der Waals surface area contributed by atoms with Gasteiger partial charge in [-0.15, -0.1) is 0 Å². The van der Waals surface area contributed by atoms with Crippen molar-refractivity contribution in [2.45, 2.75) is 25.6 Å². The van der Waals surface area contributed by atoms with E-state index >= 15 is 0 Å². The molecule has 1 aliphatic rings. The summed E-state index contributed by atoms with van der Waals surface area (Å²) in [5, 5.41) is 3.54. The molecule has 1 aliphatic carbocycles. The van der Waals surface area contributed by atoms with Crippen LogP contribution in [0.5, 0.6) is 0 Å². The molecule has 0 aromatic carbocycles. The molecule has 106 valence electrons. The fraction of sp³-hybridized carbons (Fsp3) is 0.417. The highest BCUT2D eigenvalue weighted by atomic mass is 19.4. The highest BCUT2D eigenvalue weighted by Crippen LogP contribution is 2.33. The summed E-state index contributed by atoms with van der Waals surface area (Å²) in [6, 6.07) is 1.73. The Morgan fingerprint density at radius 1 is 1.40 bits per heavy atom. The lowest BCUT2D eigenvalue weighted by molar-refractivity contribution is -0.137. The van der Waals surface area contributed by atoms with Crippen molar-refractivity contribution in [3.05, 3.63) is 34.4 Å². The van der Waals surface area contributed by atoms with Crippen molar-refractivity contribution in [2.75, 3.05) is 0 Å². The van der Waals surface area contributed by atoms with Gasteiger partial charge in [-0.2, -0.15) is 13.2 Å². The molecule has 5 nitrogen and oxygen atoms in total. The molecule has 0 radical (unpaired) electrons. The second-order valence-corrected chi connectivity index (χ2v) is 4.75. The quantitative estimate of drug-likeness (QED) is 0.868. The first-order valence-electron chi connectivity index (χ1n) is 6.05. The predicted molar refractivity (Wildman–Crippen MR) is 61.7 cm³/mol. The standard InChI is InChI=1S/C12H10F3N3O2/c13-12(14,15)8-3-4-16-9(5-8)10-17-20-11(19)18(10)6-7-1-2-7/h3-5,7H,1-2,6H2. The fourth-order valence-electron chi connectivity index (χ4n) is 1.90. The van der Waals surface area contributed by atoms with Crippen LogP contribution in [0.25, 0.3) is 11.5 Å². The molecule has 0 unspecified atom stereocenters. The van der Waals surface area contributed by atoms with Crippen molar-refractivity contribution in [1.82, 2.24) is 14.7 Å². The minimum atomic E-state index is -4.47. The summed E-state index contributed by atoms with van der Waals surface area (Å²) in [7, 11) is 0. The van der Waals surface area contributed by atoms with Gasteiger partial charge in [-0.3, -0.25) is 14.1 Å². The third-order valence-corrected chi connectivity index (χ3v) is 3.14. The van der Waals surface area contributed by atoms with E-state index in [2.05, 4.69) is 14.7 Å². The van der Waals surface area contributed by atoms with Gasteiger partial charge in [0.1, 0.15) is 5.69 Å². The second kappa shape index (κ2) is 4.46. The number of hydrogen-bond acceptors (Lipinski definition) is 4. The number of nitrogens with zero attached hydrogens (tertiary/aromatic N) is 3. The summed E-state index contributed by atoms with van der Waals surface area (Å²) in [5.74, 6) is -0.282. The van der Waals surface area contributed by atoms with Gasteiger partial charge in [0.15, 0.2) is 0 Å². The SMILES string of the molecule is O=c1onc(-c2cc(C(F)(F)F)ccn2)n1CC1CC1. The Bertz CT molecular complexity index is 686. The van der Waals surface area contributed by atoms with Gasteiger partial charge in [-0.1, -0.05) is 5.16 Å². The van der Waals surface area contributed by atoms with Crippen molar-refractivity contribution in [2.24, 2.45) is 5.92 Å². The van der Waals surface area contributed by atoms with Gasteiger partial charge in [0, 0.05) is 12.7 Å². The van der Waals surface area contributed by atoms with Crippen LogP contribution >= 0.6 is 0 Å². The molecule has 1 fully saturated rings. The Morgan fingerprint density at radius 2 is 2.15 bits per heavy atom. The summed E-state index contributed by atoms with van der Waals surface area (Å²) < 4.78 is 43.8. The molecule has 3 rings (SSSR count). The van der Waals surface area contributed by atoms with Crippen LogP contribution in [0, 0.1) is 5.92 Å². The first-order chi connectivity index (χ1) is 9.45. The van der Waals surface area contributed by atoms with Crippen molar-refractivity contribution in [3.8, 4) is 11.5 Å². The molecule has 1 saturated carbocycles. The summed E-state index contributed by atoms with van der Waals surface area (Å²) in [6.45, 7) is 0.398. The number of aromatic nitrogens is 3. The molecule has 0 N–H and O–H groups in total. The first-order valence-corrected chi connectivity index (χ1v) is 6.05. The van der Waals surface area contributed by atoms with Gasteiger partial charge in [-0.05, 0) is 30.9 Å². The second-order valence-electron chi connectivity index (χ2n) is 4.75. The Balaban J connectivity index is 2.02. The molecule has 0 spiro atoms. The minimum absolute atomic E-state index is 0.0219. The van der Waals surface area contributed by atoms with Crippen LogP contribution in [0.3, 0.4) is 0 Å². The van der Waals surface area contributed by atoms with E-state index in [-0.39, 0.29) is 11.5 Å². The van der Waals surface area contributed by atoms with Crippen LogP contribution in [-0.4, -0.2) is 14.7 Å². The lowest BCUT2D eigenvalue weighted by Gasteiger charge is -2.08. The predicted octanol–water partition coefficient (Wildman–Crippen LogP) is 2.33. The normalized spacial score (nSPS) is 15.6. The Hall–Kier alpha value is -2.12. The molecule has 0 bridgehead atoms. The van der Waals surface area contributed by atoms with E-state index in [1.807, 2.05) is 0 Å². The monoisotopic (exact) mass is 285 g/mol. The van der Waals surface area contributed by atoms with E-state index in [1.165, 1.54) is 4.57 Å². The van der Waals surface area contributed by atoms with Crippen molar-refractivity contribution < 1.29 is 17.7 Å². The van der Waals surface area contributed by atoms with E-state index in [1.54, 1.807) is 0 Å². The Labute approximate surface area is 111 Å². The van der Waals surface area contributed by atoms with Crippen LogP contribution in [0.15, 0.2) is 27.6 Å². The van der Waals surface area contributed by atoms with Crippen LogP contribution in [0.4, 0.5) is 13.2 Å². The Kier molecular flexibility index (Phi) is 2.88. The highest BCUT2D eigenvalue weighted by Gasteiger charge is 2.32. The van der Waals surface area contributed by atoms with E-state index in [0.717, 1.165) is 31.2 Å². The largest absolute Gasteiger partial charge is 0.441 e. The van der Waals surface area contributed by atoms with E-state index < -0.39 is 17.5 Å². The molecule has 0 aliphatic heterocycles. The number of halogens is 3. The maximum atomic E-state index is 12.7. The molecule has 8 heteroatoms. The zero-order chi connectivity index (χ0) is 14.3. The molecule has 2 aromatic heterocycles. The fourth-order valence-corrected chi connectivity index (χ4v) is 1.90. The maximum absolute atomic E-state index is 12.7. The summed E-state index contributed by atoms with van der Waals surface area (Å²) in [6.07, 6.45) is -1.44. The maximum Gasteiger partial charge on any atom is 0.441 e. The third kappa shape index (κ3) is 2.45. The molecule has 20 heavy (non-hydrogen) atoms. The number of hydrogen-bond donors (Lipinski definition) is 0. The molecule has 0 atom stereocenters. The van der Waals surface area contributed by atoms with Crippen molar-refractivity contribution in [1.29, 1.82) is 0 Å². The van der Waals surface area contributed by atoms with Gasteiger partial charge in [-0.25, -0.2) is 4.79 Å². The molecule has 0 amide bonds. The van der Waals surface area contributed by atoms with Crippen molar-refractivity contribution in [3.63, 3.8) is 0 Å². The van der Waals surface area contributed by atoms with Gasteiger partial charge in [0.2, 0.25) is 5.82 Å². The third-order valence-electron chi connectivity index (χ3n) is 3.14. The summed E-state index contributed by atoms with van der Waals surface area (Å²) in [4.78, 5) is 15.4. The zero-order valence-electron chi connectivity index (χ0n) is 10.2. The number of pyridine rings is 1. The van der Waals surface area contributed by atoms with Crippen LogP contribution < -0.4 is 5.76 Å². The highest BCUT2D eigenvalue weighted by molar-refractivity contribution is 5.50. The number of rotatable bonds is 3. The smallest absolute Gasteiger partial charge is 0.295 e. The van der Waals surface area contributed by atoms with Crippen LogP contribution in [0.2, 0.25) is 0 Å². The minimum Gasteiger partial charge on any atom is -0.295 e. The molecular weight excluding hydrogens is 275 g/mol. The van der Waals surface area contributed by atoms with Crippen LogP contribution in [-0.2, 0) is 12.7 Å². The average molecular weight is 285 g/mol. The topological polar surface area (TPSA) is 60.9 Å². The van der Waals surface area contributed by atoms with Crippen molar-refractivity contribution >= 4 is 0 Å². The lowest BCUT2D eigenvalue weighted by atomic mass is 10.2. The first kappa shape index (κ1) is 12.9. The van der Waals surface area contributed by atoms with E-state index in [0.29, 0.717) is 12.5 Å². The summed E-state index contributed by atoms with van der Waals surface area (Å²) >= 11 is 0. The molecule has 0 saturated heterocycles. The zero-order valence-corrected chi connectivity index (χ0v) is 10.2. The van der Waals surface area contributed by atoms with Gasteiger partial charge in [0.05, 0.1) is 5.56 Å². The molecule has 2 aromatic rings. The van der Waals surface area contributed by atoms with E-state index in [9.17, 15) is 18.0 Å².